The van der Waals surface area contributed by atoms with Gasteiger partial charge in [-0.1, -0.05) is 23.2 Å². The Hall–Kier alpha value is -2.33. The molecular weight excluding hydrogens is 395 g/mol. The number of amides is 2. The molecule has 0 unspecified atom stereocenters. The molecule has 1 aromatic carbocycles. The third kappa shape index (κ3) is 5.83. The molecule has 0 radical (unpaired) electrons. The van der Waals surface area contributed by atoms with Crippen LogP contribution < -0.4 is 16.0 Å². The summed E-state index contributed by atoms with van der Waals surface area (Å²) in [4.78, 5) is 22.0. The van der Waals surface area contributed by atoms with E-state index in [1.807, 2.05) is 0 Å². The molecule has 1 aromatic heterocycles. The van der Waals surface area contributed by atoms with Crippen molar-refractivity contribution in [1.82, 2.24) is 14.9 Å². The van der Waals surface area contributed by atoms with Gasteiger partial charge in [-0.25, -0.2) is 9.78 Å². The maximum atomic E-state index is 12.3. The normalized spacial score (nSPS) is 10.4. The van der Waals surface area contributed by atoms with Gasteiger partial charge < -0.3 is 31.1 Å². The minimum absolute atomic E-state index is 0.0963. The first-order valence-electron chi connectivity index (χ1n) is 8.03. The molecule has 27 heavy (non-hydrogen) atoms. The van der Waals surface area contributed by atoms with Gasteiger partial charge in [0, 0.05) is 25.8 Å². The highest BCUT2D eigenvalue weighted by atomic mass is 35.5. The number of anilines is 4. The maximum Gasteiger partial charge on any atom is 0.322 e. The smallest absolute Gasteiger partial charge is 0.322 e. The molecule has 146 valence electrons. The van der Waals surface area contributed by atoms with Crippen LogP contribution in [0.2, 0.25) is 10.0 Å². The van der Waals surface area contributed by atoms with Gasteiger partial charge in [0.1, 0.15) is 5.69 Å². The predicted octanol–water partition coefficient (Wildman–Crippen LogP) is 2.39. The fourth-order valence-corrected chi connectivity index (χ4v) is 2.48. The highest BCUT2D eigenvalue weighted by molar-refractivity contribution is 6.42. The van der Waals surface area contributed by atoms with Crippen LogP contribution in [0.25, 0.3) is 0 Å². The van der Waals surface area contributed by atoms with Crippen LogP contribution in [0.1, 0.15) is 0 Å². The number of aromatic nitrogens is 2. The van der Waals surface area contributed by atoms with Crippen molar-refractivity contribution in [2.24, 2.45) is 0 Å². The summed E-state index contributed by atoms with van der Waals surface area (Å²) in [7, 11) is 1.65. The quantitative estimate of drug-likeness (QED) is 0.449. The second-order valence-corrected chi connectivity index (χ2v) is 6.14. The summed E-state index contributed by atoms with van der Waals surface area (Å²) in [5, 5.41) is 27.4. The van der Waals surface area contributed by atoms with Gasteiger partial charge in [-0.05, 0) is 18.2 Å². The maximum absolute atomic E-state index is 12.3. The van der Waals surface area contributed by atoms with E-state index in [1.54, 1.807) is 25.2 Å². The lowest BCUT2D eigenvalue weighted by Crippen LogP contribution is -2.39. The fraction of sp³-hybridized carbons (Fsp3) is 0.312. The number of benzene rings is 1. The summed E-state index contributed by atoms with van der Waals surface area (Å²) >= 11 is 11.9. The topological polar surface area (TPSA) is 123 Å². The lowest BCUT2D eigenvalue weighted by atomic mass is 10.3. The molecule has 0 fully saturated rings. The molecule has 2 aromatic rings. The van der Waals surface area contributed by atoms with Gasteiger partial charge in [0.2, 0.25) is 5.95 Å². The number of halogens is 2. The number of urea groups is 1. The van der Waals surface area contributed by atoms with Gasteiger partial charge >= 0.3 is 6.03 Å². The Bertz CT molecular complexity index is 787. The number of hydrogen-bond acceptors (Lipinski definition) is 7. The summed E-state index contributed by atoms with van der Waals surface area (Å²) in [5.74, 6) is 0.673. The predicted molar refractivity (Wildman–Crippen MR) is 106 cm³/mol. The molecule has 1 heterocycles. The Morgan fingerprint density at radius 1 is 1.19 bits per heavy atom. The van der Waals surface area contributed by atoms with Crippen LogP contribution in [-0.2, 0) is 0 Å². The van der Waals surface area contributed by atoms with E-state index >= 15 is 0 Å². The van der Waals surface area contributed by atoms with Gasteiger partial charge in [0.25, 0.3) is 0 Å². The lowest BCUT2D eigenvalue weighted by molar-refractivity contribution is 0.167. The molecule has 0 aliphatic carbocycles. The first-order valence-corrected chi connectivity index (χ1v) is 8.78. The number of aliphatic hydroxyl groups excluding tert-OH is 2. The second-order valence-electron chi connectivity index (χ2n) is 5.32. The molecule has 0 saturated carbocycles. The van der Waals surface area contributed by atoms with E-state index in [1.165, 1.54) is 11.1 Å². The molecule has 9 nitrogen and oxygen atoms in total. The molecule has 2 rings (SSSR count). The van der Waals surface area contributed by atoms with Crippen molar-refractivity contribution in [1.29, 1.82) is 0 Å². The average molecular weight is 415 g/mol. The van der Waals surface area contributed by atoms with Crippen LogP contribution in [0.15, 0.2) is 24.4 Å². The summed E-state index contributed by atoms with van der Waals surface area (Å²) in [5.41, 5.74) is 1.00. The summed E-state index contributed by atoms with van der Waals surface area (Å²) in [6.45, 7) is -0.233. The van der Waals surface area contributed by atoms with E-state index in [2.05, 4.69) is 25.9 Å². The van der Waals surface area contributed by atoms with Crippen molar-refractivity contribution in [3.05, 3.63) is 34.4 Å². The summed E-state index contributed by atoms with van der Waals surface area (Å²) < 4.78 is 0. The minimum Gasteiger partial charge on any atom is -0.395 e. The number of aliphatic hydroxyl groups is 2. The molecule has 5 N–H and O–H groups in total. The van der Waals surface area contributed by atoms with E-state index < -0.39 is 6.03 Å². The zero-order valence-electron chi connectivity index (χ0n) is 14.5. The van der Waals surface area contributed by atoms with Crippen molar-refractivity contribution in [2.75, 3.05) is 49.3 Å². The first kappa shape index (κ1) is 21.0. The molecule has 0 bridgehead atoms. The van der Waals surface area contributed by atoms with Crippen LogP contribution in [0.3, 0.4) is 0 Å². The van der Waals surface area contributed by atoms with Gasteiger partial charge in [0.15, 0.2) is 5.82 Å². The molecule has 0 aliphatic rings. The zero-order chi connectivity index (χ0) is 19.8. The third-order valence-corrected chi connectivity index (χ3v) is 4.21. The summed E-state index contributed by atoms with van der Waals surface area (Å²) in [6, 6.07) is 4.54. The van der Waals surface area contributed by atoms with Crippen molar-refractivity contribution in [2.45, 2.75) is 0 Å². The molecule has 0 spiro atoms. The van der Waals surface area contributed by atoms with Crippen molar-refractivity contribution in [3.8, 4) is 0 Å². The van der Waals surface area contributed by atoms with Crippen LogP contribution in [0.4, 0.5) is 27.9 Å². The number of nitrogens with zero attached hydrogens (tertiary/aromatic N) is 3. The number of carbonyl (C=O) groups is 1. The Balaban J connectivity index is 2.15. The van der Waals surface area contributed by atoms with E-state index in [0.29, 0.717) is 33.2 Å². The highest BCUT2D eigenvalue weighted by Gasteiger charge is 2.15. The SMILES string of the molecule is CNc1nc(Nc2ccc(Cl)c(Cl)c2)ncc1NC(=O)N(CCO)CCO. The molecule has 11 heteroatoms. The van der Waals surface area contributed by atoms with E-state index in [9.17, 15) is 4.79 Å². The third-order valence-electron chi connectivity index (χ3n) is 3.47. The van der Waals surface area contributed by atoms with E-state index in [4.69, 9.17) is 33.4 Å². The Kier molecular flexibility index (Phi) is 7.86. The molecular formula is C16H20Cl2N6O3. The largest absolute Gasteiger partial charge is 0.395 e. The lowest BCUT2D eigenvalue weighted by Gasteiger charge is -2.21. The molecule has 0 saturated heterocycles. The van der Waals surface area contributed by atoms with Gasteiger partial charge in [-0.2, -0.15) is 4.98 Å². The first-order chi connectivity index (χ1) is 13.0. The number of rotatable bonds is 8. The highest BCUT2D eigenvalue weighted by Crippen LogP contribution is 2.27. The summed E-state index contributed by atoms with van der Waals surface area (Å²) in [6.07, 6.45) is 1.44. The molecule has 2 amide bonds. The van der Waals surface area contributed by atoms with Gasteiger partial charge in [0.05, 0.1) is 29.5 Å². The number of nitrogens with one attached hydrogen (secondary N) is 3. The standard InChI is InChI=1S/C16H20Cl2N6O3/c1-19-14-13(22-16(27)24(4-6-25)5-7-26)9-20-15(23-14)21-10-2-3-11(17)12(18)8-10/h2-3,8-9,25-26H,4-7H2,1H3,(H,22,27)(H2,19,20,21,23). The Labute approximate surface area is 166 Å². The molecule has 0 aliphatic heterocycles. The zero-order valence-corrected chi connectivity index (χ0v) is 16.0. The van der Waals surface area contributed by atoms with Crippen molar-refractivity contribution in [3.63, 3.8) is 0 Å². The van der Waals surface area contributed by atoms with Crippen molar-refractivity contribution >= 4 is 52.4 Å². The fourth-order valence-electron chi connectivity index (χ4n) is 2.18. The van der Waals surface area contributed by atoms with Crippen LogP contribution in [0, 0.1) is 0 Å². The Morgan fingerprint density at radius 2 is 1.89 bits per heavy atom. The van der Waals surface area contributed by atoms with Crippen LogP contribution in [0.5, 0.6) is 0 Å². The van der Waals surface area contributed by atoms with Gasteiger partial charge in [-0.3, -0.25) is 0 Å². The second kappa shape index (κ2) is 10.1. The van der Waals surface area contributed by atoms with Gasteiger partial charge in [-0.15, -0.1) is 0 Å². The average Bonchev–Trinajstić information content (AvgIpc) is 2.65. The van der Waals surface area contributed by atoms with E-state index in [0.717, 1.165) is 0 Å². The molecule has 0 atom stereocenters. The number of carbonyl (C=O) groups excluding carboxylic acids is 1. The van der Waals surface area contributed by atoms with E-state index in [-0.39, 0.29) is 26.3 Å². The van der Waals surface area contributed by atoms with Crippen molar-refractivity contribution < 1.29 is 15.0 Å². The van der Waals surface area contributed by atoms with Crippen LogP contribution in [-0.4, -0.2) is 64.5 Å². The Morgan fingerprint density at radius 3 is 2.48 bits per heavy atom. The van der Waals surface area contributed by atoms with Crippen LogP contribution >= 0.6 is 23.2 Å². The monoisotopic (exact) mass is 414 g/mol. The minimum atomic E-state index is -0.483. The number of hydrogen-bond donors (Lipinski definition) is 5.